The zero-order valence-electron chi connectivity index (χ0n) is 8.50. The number of carbonyl (C=O) groups is 1. The number of benzene rings is 1. The van der Waals surface area contributed by atoms with Gasteiger partial charge in [0.1, 0.15) is 11.9 Å². The lowest BCUT2D eigenvalue weighted by molar-refractivity contribution is 0.0643. The van der Waals surface area contributed by atoms with Gasteiger partial charge in [0.15, 0.2) is 5.78 Å². The molecule has 0 bridgehead atoms. The van der Waals surface area contributed by atoms with Crippen LogP contribution in [0.4, 0.5) is 4.39 Å². The maximum atomic E-state index is 13.3. The highest BCUT2D eigenvalue weighted by atomic mass is 35.5. The lowest BCUT2D eigenvalue weighted by atomic mass is 9.97. The molecule has 1 rings (SSSR count). The van der Waals surface area contributed by atoms with Crippen molar-refractivity contribution in [2.45, 2.75) is 20.0 Å². The Morgan fingerprint density at radius 1 is 1.47 bits per heavy atom. The van der Waals surface area contributed by atoms with Gasteiger partial charge in [-0.1, -0.05) is 31.5 Å². The number of hydrogen-bond donors (Lipinski definition) is 1. The quantitative estimate of drug-likeness (QED) is 0.811. The number of ketones is 1. The van der Waals surface area contributed by atoms with Crippen molar-refractivity contribution < 1.29 is 14.3 Å². The molecule has 2 nitrogen and oxygen atoms in total. The zero-order chi connectivity index (χ0) is 11.6. The Bertz CT molecular complexity index is 357. The minimum absolute atomic E-state index is 0.0275. The van der Waals surface area contributed by atoms with Crippen molar-refractivity contribution in [1.29, 1.82) is 0 Å². The first-order valence-corrected chi connectivity index (χ1v) is 4.99. The van der Waals surface area contributed by atoms with Gasteiger partial charge in [-0.15, -0.1) is 0 Å². The number of rotatable bonds is 3. The predicted octanol–water partition coefficient (Wildman–Crippen LogP) is 2.68. The molecule has 1 aromatic rings. The normalized spacial score (nSPS) is 12.9. The Morgan fingerprint density at radius 3 is 2.53 bits per heavy atom. The molecular formula is C11H12ClFO2. The standard InChI is InChI=1S/C11H12ClFO2/c1-6(2)10(14)11(15)9-7(12)4-3-5-8(9)13/h3-6,10,14H,1-2H3. The number of carbonyl (C=O) groups excluding carboxylic acids is 1. The van der Waals surface area contributed by atoms with Gasteiger partial charge < -0.3 is 5.11 Å². The zero-order valence-corrected chi connectivity index (χ0v) is 9.25. The van der Waals surface area contributed by atoms with E-state index < -0.39 is 17.7 Å². The van der Waals surface area contributed by atoms with E-state index in [9.17, 15) is 14.3 Å². The predicted molar refractivity (Wildman–Crippen MR) is 56.6 cm³/mol. The van der Waals surface area contributed by atoms with Gasteiger partial charge in [0.2, 0.25) is 0 Å². The van der Waals surface area contributed by atoms with E-state index in [0.717, 1.165) is 6.07 Å². The summed E-state index contributed by atoms with van der Waals surface area (Å²) >= 11 is 5.70. The average molecular weight is 231 g/mol. The van der Waals surface area contributed by atoms with Crippen molar-refractivity contribution in [2.75, 3.05) is 0 Å². The van der Waals surface area contributed by atoms with Gasteiger partial charge in [-0.25, -0.2) is 4.39 Å². The molecule has 0 radical (unpaired) electrons. The smallest absolute Gasteiger partial charge is 0.195 e. The maximum absolute atomic E-state index is 13.3. The molecule has 1 N–H and O–H groups in total. The molecular weight excluding hydrogens is 219 g/mol. The summed E-state index contributed by atoms with van der Waals surface area (Å²) in [6.07, 6.45) is -1.22. The monoisotopic (exact) mass is 230 g/mol. The molecule has 0 saturated carbocycles. The second kappa shape index (κ2) is 4.73. The fourth-order valence-corrected chi connectivity index (χ4v) is 1.44. The summed E-state index contributed by atoms with van der Waals surface area (Å²) in [7, 11) is 0. The number of Topliss-reactive ketones (excluding diaryl/α,β-unsaturated/α-hetero) is 1. The summed E-state index contributed by atoms with van der Waals surface area (Å²) in [4.78, 5) is 11.7. The van der Waals surface area contributed by atoms with E-state index in [2.05, 4.69) is 0 Å². The molecule has 0 aliphatic heterocycles. The summed E-state index contributed by atoms with van der Waals surface area (Å²) in [6.45, 7) is 3.36. The van der Waals surface area contributed by atoms with E-state index in [1.54, 1.807) is 13.8 Å². The molecule has 1 aromatic carbocycles. The van der Waals surface area contributed by atoms with E-state index in [-0.39, 0.29) is 16.5 Å². The third-order valence-electron chi connectivity index (χ3n) is 2.11. The Labute approximate surface area is 92.7 Å². The second-order valence-corrected chi connectivity index (χ2v) is 4.06. The third kappa shape index (κ3) is 2.55. The van der Waals surface area contributed by atoms with Crippen LogP contribution in [0.3, 0.4) is 0 Å². The van der Waals surface area contributed by atoms with E-state index in [0.29, 0.717) is 0 Å². The van der Waals surface area contributed by atoms with Crippen LogP contribution in [-0.4, -0.2) is 17.0 Å². The van der Waals surface area contributed by atoms with Crippen LogP contribution < -0.4 is 0 Å². The van der Waals surface area contributed by atoms with Gasteiger partial charge in [-0.2, -0.15) is 0 Å². The van der Waals surface area contributed by atoms with Crippen molar-refractivity contribution in [1.82, 2.24) is 0 Å². The lowest BCUT2D eigenvalue weighted by Crippen LogP contribution is -2.27. The molecule has 0 amide bonds. The molecule has 0 aliphatic carbocycles. The highest BCUT2D eigenvalue weighted by molar-refractivity contribution is 6.34. The van der Waals surface area contributed by atoms with E-state index in [1.165, 1.54) is 12.1 Å². The first-order chi connectivity index (χ1) is 6.95. The highest BCUT2D eigenvalue weighted by Crippen LogP contribution is 2.22. The lowest BCUT2D eigenvalue weighted by Gasteiger charge is -2.14. The Morgan fingerprint density at radius 2 is 2.07 bits per heavy atom. The van der Waals surface area contributed by atoms with Crippen LogP contribution in [0.15, 0.2) is 18.2 Å². The van der Waals surface area contributed by atoms with Gasteiger partial charge in [0.05, 0.1) is 10.6 Å². The minimum Gasteiger partial charge on any atom is -0.385 e. The van der Waals surface area contributed by atoms with Gasteiger partial charge in [-0.3, -0.25) is 4.79 Å². The molecule has 15 heavy (non-hydrogen) atoms. The molecule has 0 aromatic heterocycles. The number of halogens is 2. The summed E-state index contributed by atoms with van der Waals surface area (Å²) in [5.74, 6) is -1.64. The summed E-state index contributed by atoms with van der Waals surface area (Å²) in [5.41, 5.74) is -0.236. The summed E-state index contributed by atoms with van der Waals surface area (Å²) < 4.78 is 13.3. The molecule has 0 aliphatic rings. The molecule has 1 atom stereocenters. The third-order valence-corrected chi connectivity index (χ3v) is 2.42. The van der Waals surface area contributed by atoms with Crippen molar-refractivity contribution in [3.63, 3.8) is 0 Å². The van der Waals surface area contributed by atoms with Crippen LogP contribution in [0, 0.1) is 11.7 Å². The Hall–Kier alpha value is -0.930. The van der Waals surface area contributed by atoms with Crippen molar-refractivity contribution in [2.24, 2.45) is 5.92 Å². The molecule has 0 spiro atoms. The van der Waals surface area contributed by atoms with Crippen LogP contribution in [-0.2, 0) is 0 Å². The van der Waals surface area contributed by atoms with Gasteiger partial charge in [0.25, 0.3) is 0 Å². The first kappa shape index (κ1) is 12.1. The van der Waals surface area contributed by atoms with Crippen LogP contribution in [0.25, 0.3) is 0 Å². The number of hydrogen-bond acceptors (Lipinski definition) is 2. The molecule has 4 heteroatoms. The summed E-state index contributed by atoms with van der Waals surface area (Å²) in [6, 6.07) is 3.98. The minimum atomic E-state index is -1.22. The van der Waals surface area contributed by atoms with Gasteiger partial charge in [0, 0.05) is 0 Å². The Balaban J connectivity index is 3.11. The van der Waals surface area contributed by atoms with Crippen LogP contribution in [0.5, 0.6) is 0 Å². The first-order valence-electron chi connectivity index (χ1n) is 4.61. The van der Waals surface area contributed by atoms with Crippen molar-refractivity contribution >= 4 is 17.4 Å². The van der Waals surface area contributed by atoms with Crippen LogP contribution >= 0.6 is 11.6 Å². The van der Waals surface area contributed by atoms with Gasteiger partial charge >= 0.3 is 0 Å². The molecule has 0 heterocycles. The second-order valence-electron chi connectivity index (χ2n) is 3.65. The fourth-order valence-electron chi connectivity index (χ4n) is 1.18. The summed E-state index contributed by atoms with van der Waals surface area (Å²) in [5, 5.41) is 9.55. The largest absolute Gasteiger partial charge is 0.385 e. The average Bonchev–Trinajstić information content (AvgIpc) is 2.15. The molecule has 1 unspecified atom stereocenters. The topological polar surface area (TPSA) is 37.3 Å². The highest BCUT2D eigenvalue weighted by Gasteiger charge is 2.25. The maximum Gasteiger partial charge on any atom is 0.195 e. The van der Waals surface area contributed by atoms with Crippen LogP contribution in [0.1, 0.15) is 24.2 Å². The fraction of sp³-hybridized carbons (Fsp3) is 0.364. The molecule has 82 valence electrons. The number of aliphatic hydroxyl groups excluding tert-OH is 1. The van der Waals surface area contributed by atoms with Crippen molar-refractivity contribution in [3.05, 3.63) is 34.6 Å². The Kier molecular flexibility index (Phi) is 3.83. The van der Waals surface area contributed by atoms with Crippen molar-refractivity contribution in [3.8, 4) is 0 Å². The van der Waals surface area contributed by atoms with E-state index in [1.807, 2.05) is 0 Å². The molecule has 0 saturated heterocycles. The van der Waals surface area contributed by atoms with Gasteiger partial charge in [-0.05, 0) is 18.1 Å². The SMILES string of the molecule is CC(C)C(O)C(=O)c1c(F)cccc1Cl. The molecule has 0 fully saturated rings. The van der Waals surface area contributed by atoms with E-state index >= 15 is 0 Å². The van der Waals surface area contributed by atoms with Crippen LogP contribution in [0.2, 0.25) is 5.02 Å². The number of aliphatic hydroxyl groups is 1. The van der Waals surface area contributed by atoms with E-state index in [4.69, 9.17) is 11.6 Å².